The third-order valence-electron chi connectivity index (χ3n) is 4.36. The molecule has 2 aromatic carbocycles. The standard InChI is InChI=1S/C17H21NO3S/c19-15-8-3-5-13(11-15)12-18-22(20,21)17-10-4-7-14-6-1-2-9-16(14)17/h1-2,4,6-7,9-10,13,15,18-19H,3,5,8,11-12H2. The van der Waals surface area contributed by atoms with Crippen LogP contribution in [0.2, 0.25) is 0 Å². The van der Waals surface area contributed by atoms with Gasteiger partial charge >= 0.3 is 0 Å². The normalized spacial score (nSPS) is 22.8. The maximum absolute atomic E-state index is 12.6. The molecule has 0 aliphatic heterocycles. The van der Waals surface area contributed by atoms with Crippen molar-refractivity contribution in [2.75, 3.05) is 6.54 Å². The Morgan fingerprint density at radius 3 is 2.68 bits per heavy atom. The van der Waals surface area contributed by atoms with E-state index in [1.807, 2.05) is 30.3 Å². The van der Waals surface area contributed by atoms with Gasteiger partial charge in [-0.2, -0.15) is 0 Å². The van der Waals surface area contributed by atoms with Gasteiger partial charge < -0.3 is 5.11 Å². The highest BCUT2D eigenvalue weighted by Gasteiger charge is 2.23. The van der Waals surface area contributed by atoms with Gasteiger partial charge in [-0.05, 0) is 36.6 Å². The monoisotopic (exact) mass is 319 g/mol. The summed E-state index contributed by atoms with van der Waals surface area (Å²) in [5, 5.41) is 11.3. The van der Waals surface area contributed by atoms with Gasteiger partial charge in [-0.15, -0.1) is 0 Å². The van der Waals surface area contributed by atoms with E-state index in [0.29, 0.717) is 17.9 Å². The van der Waals surface area contributed by atoms with Crippen LogP contribution in [0.25, 0.3) is 10.8 Å². The fourth-order valence-corrected chi connectivity index (χ4v) is 4.53. The van der Waals surface area contributed by atoms with Crippen LogP contribution < -0.4 is 4.72 Å². The molecule has 0 aromatic heterocycles. The molecule has 0 bridgehead atoms. The molecule has 2 N–H and O–H groups in total. The Balaban J connectivity index is 1.80. The van der Waals surface area contributed by atoms with Gasteiger partial charge in [0.1, 0.15) is 0 Å². The zero-order chi connectivity index (χ0) is 15.6. The Kier molecular flexibility index (Phi) is 4.47. The molecule has 0 heterocycles. The third kappa shape index (κ3) is 3.32. The zero-order valence-corrected chi connectivity index (χ0v) is 13.2. The van der Waals surface area contributed by atoms with E-state index in [9.17, 15) is 13.5 Å². The maximum atomic E-state index is 12.6. The predicted molar refractivity (Wildman–Crippen MR) is 87.1 cm³/mol. The lowest BCUT2D eigenvalue weighted by atomic mass is 9.87. The minimum absolute atomic E-state index is 0.216. The number of hydrogen-bond donors (Lipinski definition) is 2. The number of benzene rings is 2. The van der Waals surface area contributed by atoms with Crippen molar-refractivity contribution in [3.05, 3.63) is 42.5 Å². The Bertz CT molecular complexity index is 752. The number of fused-ring (bicyclic) bond motifs is 1. The maximum Gasteiger partial charge on any atom is 0.241 e. The van der Waals surface area contributed by atoms with Crippen LogP contribution in [0.4, 0.5) is 0 Å². The molecule has 5 heteroatoms. The Hall–Kier alpha value is -1.43. The van der Waals surface area contributed by atoms with Crippen LogP contribution in [-0.2, 0) is 10.0 Å². The van der Waals surface area contributed by atoms with Crippen molar-refractivity contribution >= 4 is 20.8 Å². The zero-order valence-electron chi connectivity index (χ0n) is 12.4. The SMILES string of the molecule is O=S(=O)(NCC1CCCC(O)C1)c1cccc2ccccc12. The minimum atomic E-state index is -3.54. The molecule has 2 unspecified atom stereocenters. The highest BCUT2D eigenvalue weighted by Crippen LogP contribution is 2.25. The smallest absolute Gasteiger partial charge is 0.241 e. The van der Waals surface area contributed by atoms with E-state index in [2.05, 4.69) is 4.72 Å². The van der Waals surface area contributed by atoms with Crippen molar-refractivity contribution in [1.82, 2.24) is 4.72 Å². The van der Waals surface area contributed by atoms with E-state index in [-0.39, 0.29) is 12.0 Å². The molecule has 0 radical (unpaired) electrons. The molecule has 118 valence electrons. The molecular formula is C17H21NO3S. The van der Waals surface area contributed by atoms with E-state index in [1.165, 1.54) is 0 Å². The van der Waals surface area contributed by atoms with Crippen molar-refractivity contribution in [2.45, 2.75) is 36.7 Å². The van der Waals surface area contributed by atoms with Crippen LogP contribution in [0, 0.1) is 5.92 Å². The largest absolute Gasteiger partial charge is 0.393 e. The van der Waals surface area contributed by atoms with Crippen molar-refractivity contribution in [2.24, 2.45) is 5.92 Å². The summed E-state index contributed by atoms with van der Waals surface area (Å²) in [6.45, 7) is 0.391. The molecule has 0 amide bonds. The van der Waals surface area contributed by atoms with E-state index >= 15 is 0 Å². The molecule has 2 aromatic rings. The molecule has 1 aliphatic rings. The second-order valence-electron chi connectivity index (χ2n) is 6.02. The molecule has 2 atom stereocenters. The van der Waals surface area contributed by atoms with Crippen molar-refractivity contribution in [3.63, 3.8) is 0 Å². The van der Waals surface area contributed by atoms with Crippen LogP contribution in [0.15, 0.2) is 47.4 Å². The molecule has 22 heavy (non-hydrogen) atoms. The van der Waals surface area contributed by atoms with Crippen molar-refractivity contribution < 1.29 is 13.5 Å². The number of aliphatic hydroxyl groups is 1. The fourth-order valence-electron chi connectivity index (χ4n) is 3.18. The summed E-state index contributed by atoms with van der Waals surface area (Å²) in [5.74, 6) is 0.216. The first-order valence-corrected chi connectivity index (χ1v) is 9.20. The lowest BCUT2D eigenvalue weighted by Crippen LogP contribution is -2.33. The molecule has 1 saturated carbocycles. The Morgan fingerprint density at radius 1 is 1.09 bits per heavy atom. The van der Waals surface area contributed by atoms with Crippen LogP contribution >= 0.6 is 0 Å². The summed E-state index contributed by atoms with van der Waals surface area (Å²) in [6, 6.07) is 12.8. The quantitative estimate of drug-likeness (QED) is 0.910. The highest BCUT2D eigenvalue weighted by molar-refractivity contribution is 7.89. The van der Waals surface area contributed by atoms with Crippen LogP contribution in [-0.4, -0.2) is 26.2 Å². The lowest BCUT2D eigenvalue weighted by Gasteiger charge is -2.25. The average Bonchev–Trinajstić information content (AvgIpc) is 2.52. The number of sulfonamides is 1. The second-order valence-corrected chi connectivity index (χ2v) is 7.75. The molecule has 0 spiro atoms. The molecule has 3 rings (SSSR count). The van der Waals surface area contributed by atoms with E-state index in [0.717, 1.165) is 30.0 Å². The Morgan fingerprint density at radius 2 is 1.86 bits per heavy atom. The van der Waals surface area contributed by atoms with E-state index < -0.39 is 10.0 Å². The van der Waals surface area contributed by atoms with Gasteiger partial charge in [-0.25, -0.2) is 13.1 Å². The summed E-state index contributed by atoms with van der Waals surface area (Å²) < 4.78 is 27.9. The van der Waals surface area contributed by atoms with Gasteiger partial charge in [0.2, 0.25) is 10.0 Å². The first kappa shape index (κ1) is 15.5. The highest BCUT2D eigenvalue weighted by atomic mass is 32.2. The predicted octanol–water partition coefficient (Wildman–Crippen LogP) is 2.67. The van der Waals surface area contributed by atoms with Crippen molar-refractivity contribution in [1.29, 1.82) is 0 Å². The Labute approximate surface area is 131 Å². The van der Waals surface area contributed by atoms with Crippen molar-refractivity contribution in [3.8, 4) is 0 Å². The first-order chi connectivity index (χ1) is 10.6. The molecule has 1 aliphatic carbocycles. The van der Waals surface area contributed by atoms with Crippen LogP contribution in [0.3, 0.4) is 0 Å². The topological polar surface area (TPSA) is 66.4 Å². The molecular weight excluding hydrogens is 298 g/mol. The minimum Gasteiger partial charge on any atom is -0.393 e. The third-order valence-corrected chi connectivity index (χ3v) is 5.84. The lowest BCUT2D eigenvalue weighted by molar-refractivity contribution is 0.102. The average molecular weight is 319 g/mol. The fraction of sp³-hybridized carbons (Fsp3) is 0.412. The second kappa shape index (κ2) is 6.36. The first-order valence-electron chi connectivity index (χ1n) is 7.72. The van der Waals surface area contributed by atoms with Gasteiger partial charge in [0.15, 0.2) is 0 Å². The van der Waals surface area contributed by atoms with Crippen LogP contribution in [0.5, 0.6) is 0 Å². The van der Waals surface area contributed by atoms with Gasteiger partial charge in [-0.3, -0.25) is 0 Å². The number of aliphatic hydroxyl groups excluding tert-OH is 1. The van der Waals surface area contributed by atoms with E-state index in [1.54, 1.807) is 12.1 Å². The molecule has 0 saturated heterocycles. The summed E-state index contributed by atoms with van der Waals surface area (Å²) in [4.78, 5) is 0.321. The van der Waals surface area contributed by atoms with Gasteiger partial charge in [0.25, 0.3) is 0 Å². The van der Waals surface area contributed by atoms with E-state index in [4.69, 9.17) is 0 Å². The molecule has 1 fully saturated rings. The summed E-state index contributed by atoms with van der Waals surface area (Å²) >= 11 is 0. The van der Waals surface area contributed by atoms with Gasteiger partial charge in [0, 0.05) is 11.9 Å². The summed E-state index contributed by atoms with van der Waals surface area (Å²) in [5.41, 5.74) is 0. The summed E-state index contributed by atoms with van der Waals surface area (Å²) in [6.07, 6.45) is 3.14. The summed E-state index contributed by atoms with van der Waals surface area (Å²) in [7, 11) is -3.54. The van der Waals surface area contributed by atoms with Gasteiger partial charge in [0.05, 0.1) is 11.0 Å². The molecule has 4 nitrogen and oxygen atoms in total. The van der Waals surface area contributed by atoms with Crippen LogP contribution in [0.1, 0.15) is 25.7 Å². The number of hydrogen-bond acceptors (Lipinski definition) is 3. The number of rotatable bonds is 4. The number of nitrogens with one attached hydrogen (secondary N) is 1. The van der Waals surface area contributed by atoms with Gasteiger partial charge in [-0.1, -0.05) is 42.8 Å².